The van der Waals surface area contributed by atoms with Crippen molar-refractivity contribution in [3.8, 4) is 0 Å². The summed E-state index contributed by atoms with van der Waals surface area (Å²) < 4.78 is 33.8. The summed E-state index contributed by atoms with van der Waals surface area (Å²) >= 11 is 0. The number of carboxylic acids is 2. The first-order valence-electron chi connectivity index (χ1n) is 17.5. The molecule has 0 unspecified atom stereocenters. The molecule has 2 N–H and O–H groups in total. The first-order chi connectivity index (χ1) is 25.8. The van der Waals surface area contributed by atoms with Crippen LogP contribution >= 0.6 is 0 Å². The predicted molar refractivity (Wildman–Crippen MR) is 201 cm³/mol. The molecule has 0 radical (unpaired) electrons. The summed E-state index contributed by atoms with van der Waals surface area (Å²) in [6, 6.07) is 31.8. The monoisotopic (exact) mass is 708 g/mol. The number of nitrogens with zero attached hydrogens (tertiary/aromatic N) is 4. The Bertz CT molecular complexity index is 2530. The van der Waals surface area contributed by atoms with Gasteiger partial charge in [-0.3, -0.25) is 0 Å². The number of carbonyl (C=O) groups is 2. The molecule has 10 heteroatoms. The normalized spacial score (nSPS) is 11.7. The molecule has 0 amide bonds. The van der Waals surface area contributed by atoms with Gasteiger partial charge < -0.3 is 19.3 Å². The number of halogens is 2. The minimum atomic E-state index is -1.13. The lowest BCUT2D eigenvalue weighted by Gasteiger charge is -2.13. The van der Waals surface area contributed by atoms with Crippen molar-refractivity contribution < 1.29 is 28.6 Å². The zero-order valence-corrected chi connectivity index (χ0v) is 28.6. The Morgan fingerprint density at radius 3 is 1.34 bits per heavy atom. The third kappa shape index (κ3) is 6.26. The maximum absolute atomic E-state index is 14.9. The lowest BCUT2D eigenvalue weighted by molar-refractivity contribution is 0.0680. The van der Waals surface area contributed by atoms with E-state index in [0.717, 1.165) is 43.6 Å². The fraction of sp³-hybridized carbons (Fsp3) is 0.163. The third-order valence-electron chi connectivity index (χ3n) is 9.98. The van der Waals surface area contributed by atoms with Crippen molar-refractivity contribution in [3.63, 3.8) is 0 Å². The van der Waals surface area contributed by atoms with Gasteiger partial charge in [0.25, 0.3) is 0 Å². The van der Waals surface area contributed by atoms with E-state index in [-0.39, 0.29) is 36.1 Å². The Balaban J connectivity index is 1.12. The lowest BCUT2D eigenvalue weighted by atomic mass is 10.0. The molecular formula is C43H34F2N4O4. The van der Waals surface area contributed by atoms with Crippen molar-refractivity contribution >= 4 is 55.6 Å². The number of fused-ring (bicyclic) bond motifs is 6. The minimum Gasteiger partial charge on any atom is -0.477 e. The highest BCUT2D eigenvalue weighted by Gasteiger charge is 2.22. The molecule has 0 fully saturated rings. The fourth-order valence-corrected chi connectivity index (χ4v) is 7.56. The molecule has 8 nitrogen and oxygen atoms in total. The average Bonchev–Trinajstić information content (AvgIpc) is 3.65. The van der Waals surface area contributed by atoms with Crippen LogP contribution in [0.4, 0.5) is 8.78 Å². The van der Waals surface area contributed by atoms with E-state index in [2.05, 4.69) is 9.97 Å². The van der Waals surface area contributed by atoms with Gasteiger partial charge in [-0.25, -0.2) is 28.3 Å². The number of aryl methyl sites for hydroxylation is 2. The second-order valence-electron chi connectivity index (χ2n) is 13.3. The maximum atomic E-state index is 14.9. The molecule has 0 saturated heterocycles. The molecule has 0 spiro atoms. The molecule has 0 aliphatic carbocycles. The van der Waals surface area contributed by atoms with E-state index in [1.54, 1.807) is 48.5 Å². The molecule has 0 aliphatic heterocycles. The molecule has 0 atom stereocenters. The van der Waals surface area contributed by atoms with E-state index >= 15 is 0 Å². The van der Waals surface area contributed by atoms with Gasteiger partial charge in [0.15, 0.2) is 0 Å². The Morgan fingerprint density at radius 1 is 0.528 bits per heavy atom. The summed E-state index contributed by atoms with van der Waals surface area (Å²) in [5.41, 5.74) is 5.41. The van der Waals surface area contributed by atoms with Crippen molar-refractivity contribution in [2.24, 2.45) is 0 Å². The van der Waals surface area contributed by atoms with E-state index in [4.69, 9.17) is 0 Å². The van der Waals surface area contributed by atoms with Gasteiger partial charge in [0.05, 0.1) is 35.5 Å². The highest BCUT2D eigenvalue weighted by molar-refractivity contribution is 6.11. The van der Waals surface area contributed by atoms with Crippen molar-refractivity contribution in [2.45, 2.75) is 45.2 Å². The second-order valence-corrected chi connectivity index (χ2v) is 13.3. The predicted octanol–water partition coefficient (Wildman–Crippen LogP) is 9.42. The zero-order valence-electron chi connectivity index (χ0n) is 28.6. The van der Waals surface area contributed by atoms with Gasteiger partial charge in [-0.1, -0.05) is 79.2 Å². The topological polar surface area (TPSA) is 110 Å². The minimum absolute atomic E-state index is 0.0546. The summed E-state index contributed by atoms with van der Waals surface area (Å²) in [6.07, 6.45) is 2.97. The molecule has 8 rings (SSSR count). The van der Waals surface area contributed by atoms with Gasteiger partial charge in [-0.2, -0.15) is 0 Å². The highest BCUT2D eigenvalue weighted by Crippen LogP contribution is 2.35. The molecule has 53 heavy (non-hydrogen) atoms. The Labute approximate surface area is 302 Å². The number of aromatic carboxylic acids is 2. The molecule has 4 heterocycles. The van der Waals surface area contributed by atoms with Crippen LogP contribution in [0.25, 0.3) is 43.6 Å². The summed E-state index contributed by atoms with van der Waals surface area (Å²) in [6.45, 7) is 0.501. The van der Waals surface area contributed by atoms with Crippen molar-refractivity contribution in [1.82, 2.24) is 19.1 Å². The Kier molecular flexibility index (Phi) is 8.87. The zero-order chi connectivity index (χ0) is 36.6. The standard InChI is InChI=1S/C43H34F2N4O4/c44-32-16-8-4-12-26(32)24-48-38-20-10-6-14-28(38)30-22-36(42(50)51)46-34(40(30)48)18-2-1-3-19-35-41-31(23-37(47-35)43(52)53)29-15-7-11-21-39(29)49(41)25-27-13-5-9-17-33(27)45/h4-17,20-23H,1-3,18-19,24-25H2,(H,50,51)(H,52,53). The summed E-state index contributed by atoms with van der Waals surface area (Å²) in [4.78, 5) is 33.7. The van der Waals surface area contributed by atoms with Gasteiger partial charge in [0.1, 0.15) is 23.0 Å². The number of aromatic nitrogens is 4. The van der Waals surface area contributed by atoms with Crippen molar-refractivity contribution in [1.29, 1.82) is 0 Å². The molecule has 0 bridgehead atoms. The fourth-order valence-electron chi connectivity index (χ4n) is 7.56. The van der Waals surface area contributed by atoms with E-state index in [9.17, 15) is 28.6 Å². The van der Waals surface area contributed by atoms with E-state index in [1.807, 2.05) is 57.7 Å². The van der Waals surface area contributed by atoms with Gasteiger partial charge >= 0.3 is 11.9 Å². The van der Waals surface area contributed by atoms with E-state index in [0.29, 0.717) is 54.6 Å². The smallest absolute Gasteiger partial charge is 0.354 e. The largest absolute Gasteiger partial charge is 0.477 e. The first kappa shape index (κ1) is 33.7. The van der Waals surface area contributed by atoms with Crippen LogP contribution in [0.3, 0.4) is 0 Å². The molecule has 8 aromatic rings. The van der Waals surface area contributed by atoms with Crippen molar-refractivity contribution in [3.05, 3.63) is 155 Å². The number of carboxylic acid groups (broad SMARTS) is 2. The van der Waals surface area contributed by atoms with Crippen LogP contribution in [0.2, 0.25) is 0 Å². The maximum Gasteiger partial charge on any atom is 0.354 e. The lowest BCUT2D eigenvalue weighted by Crippen LogP contribution is -2.08. The number of hydrogen-bond donors (Lipinski definition) is 2. The van der Waals surface area contributed by atoms with Crippen LogP contribution < -0.4 is 0 Å². The van der Waals surface area contributed by atoms with Crippen LogP contribution in [0, 0.1) is 11.6 Å². The van der Waals surface area contributed by atoms with E-state index < -0.39 is 11.9 Å². The molecule has 4 aromatic heterocycles. The first-order valence-corrected chi connectivity index (χ1v) is 17.5. The van der Waals surface area contributed by atoms with Gasteiger partial charge in [-0.15, -0.1) is 0 Å². The number of para-hydroxylation sites is 2. The Morgan fingerprint density at radius 2 is 0.925 bits per heavy atom. The number of pyridine rings is 2. The summed E-state index contributed by atoms with van der Waals surface area (Å²) in [7, 11) is 0. The van der Waals surface area contributed by atoms with Crippen LogP contribution in [0.15, 0.2) is 109 Å². The van der Waals surface area contributed by atoms with Crippen LogP contribution in [0.5, 0.6) is 0 Å². The summed E-state index contributed by atoms with van der Waals surface area (Å²) in [5, 5.41) is 23.2. The molecular weight excluding hydrogens is 674 g/mol. The number of rotatable bonds is 12. The van der Waals surface area contributed by atoms with Crippen LogP contribution in [-0.2, 0) is 25.9 Å². The number of hydrogen-bond acceptors (Lipinski definition) is 4. The summed E-state index contributed by atoms with van der Waals surface area (Å²) in [5.74, 6) is -2.90. The second kappa shape index (κ2) is 14.0. The average molecular weight is 709 g/mol. The van der Waals surface area contributed by atoms with Gasteiger partial charge in [0.2, 0.25) is 0 Å². The SMILES string of the molecule is O=C(O)c1cc2c3ccccc3n(Cc3ccccc3F)c2c(CCCCCc2nc(C(=O)O)cc3c4ccccc4n(Cc4ccccc4F)c23)n1. The molecule has 0 saturated carbocycles. The van der Waals surface area contributed by atoms with Crippen LogP contribution in [0.1, 0.15) is 62.8 Å². The number of unbranched alkanes of at least 4 members (excludes halogenated alkanes) is 2. The van der Waals surface area contributed by atoms with Crippen LogP contribution in [-0.4, -0.2) is 41.3 Å². The Hall–Kier alpha value is -6.42. The quantitative estimate of drug-likeness (QED) is 0.122. The molecule has 264 valence electrons. The van der Waals surface area contributed by atoms with Gasteiger partial charge in [-0.05, 0) is 62.1 Å². The van der Waals surface area contributed by atoms with Gasteiger partial charge in [0, 0.05) is 43.7 Å². The number of benzene rings is 4. The highest BCUT2D eigenvalue weighted by atomic mass is 19.1. The molecule has 4 aromatic carbocycles. The molecule has 0 aliphatic rings. The van der Waals surface area contributed by atoms with E-state index in [1.165, 1.54) is 12.1 Å². The third-order valence-corrected chi connectivity index (χ3v) is 9.98. The van der Waals surface area contributed by atoms with Crippen molar-refractivity contribution in [2.75, 3.05) is 0 Å².